The van der Waals surface area contributed by atoms with Crippen LogP contribution in [0, 0.1) is 6.92 Å². The molecule has 0 spiro atoms. The first-order valence-electron chi connectivity index (χ1n) is 6.79. The van der Waals surface area contributed by atoms with Crippen molar-refractivity contribution in [3.05, 3.63) is 53.7 Å². The number of hydrogen-bond acceptors (Lipinski definition) is 3. The number of amides is 1. The Morgan fingerprint density at radius 1 is 1.33 bits per heavy atom. The lowest BCUT2D eigenvalue weighted by Crippen LogP contribution is -2.27. The van der Waals surface area contributed by atoms with Gasteiger partial charge in [-0.15, -0.1) is 0 Å². The van der Waals surface area contributed by atoms with Crippen molar-refractivity contribution in [3.8, 4) is 0 Å². The maximum atomic E-state index is 12.3. The van der Waals surface area contributed by atoms with Gasteiger partial charge in [0, 0.05) is 31.2 Å². The highest BCUT2D eigenvalue weighted by Gasteiger charge is 2.17. The van der Waals surface area contributed by atoms with E-state index in [4.69, 9.17) is 0 Å². The minimum absolute atomic E-state index is 0.115. The molecular formula is C15H17N5O. The van der Waals surface area contributed by atoms with Crippen LogP contribution in [0.4, 0.5) is 0 Å². The predicted molar refractivity (Wildman–Crippen MR) is 79.0 cm³/mol. The van der Waals surface area contributed by atoms with Gasteiger partial charge in [0.2, 0.25) is 0 Å². The standard InChI is InChI=1S/C15H17N5O/c1-10(12-8-19(3)18-11(12)2)16-15(21)13-9-20-7-5-4-6-14(20)17-13/h4-10H,1-3H3,(H,16,21). The van der Waals surface area contributed by atoms with Gasteiger partial charge in [0.1, 0.15) is 11.3 Å². The van der Waals surface area contributed by atoms with Crippen molar-refractivity contribution in [3.63, 3.8) is 0 Å². The van der Waals surface area contributed by atoms with E-state index in [1.165, 1.54) is 0 Å². The van der Waals surface area contributed by atoms with Crippen LogP contribution < -0.4 is 5.32 Å². The van der Waals surface area contributed by atoms with Crippen LogP contribution in [0.5, 0.6) is 0 Å². The molecule has 3 heterocycles. The van der Waals surface area contributed by atoms with Gasteiger partial charge in [-0.2, -0.15) is 5.10 Å². The summed E-state index contributed by atoms with van der Waals surface area (Å²) in [4.78, 5) is 16.6. The second-order valence-corrected chi connectivity index (χ2v) is 5.13. The molecule has 3 rings (SSSR count). The highest BCUT2D eigenvalue weighted by atomic mass is 16.2. The Balaban J connectivity index is 1.81. The van der Waals surface area contributed by atoms with Crippen LogP contribution in [0.2, 0.25) is 0 Å². The molecule has 108 valence electrons. The zero-order valence-electron chi connectivity index (χ0n) is 12.2. The zero-order chi connectivity index (χ0) is 15.0. The largest absolute Gasteiger partial charge is 0.344 e. The quantitative estimate of drug-likeness (QED) is 0.798. The summed E-state index contributed by atoms with van der Waals surface area (Å²) in [6, 6.07) is 5.55. The van der Waals surface area contributed by atoms with E-state index in [1.54, 1.807) is 10.9 Å². The van der Waals surface area contributed by atoms with Gasteiger partial charge >= 0.3 is 0 Å². The Bertz CT molecular complexity index is 768. The summed E-state index contributed by atoms with van der Waals surface area (Å²) in [5.41, 5.74) is 3.09. The highest BCUT2D eigenvalue weighted by Crippen LogP contribution is 2.16. The van der Waals surface area contributed by atoms with Gasteiger partial charge in [0.05, 0.1) is 11.7 Å². The number of aromatic nitrogens is 4. The lowest BCUT2D eigenvalue weighted by molar-refractivity contribution is 0.0935. The molecule has 1 atom stereocenters. The van der Waals surface area contributed by atoms with Crippen molar-refractivity contribution in [2.45, 2.75) is 19.9 Å². The van der Waals surface area contributed by atoms with E-state index in [9.17, 15) is 4.79 Å². The third-order valence-electron chi connectivity index (χ3n) is 3.46. The molecule has 0 aliphatic heterocycles. The number of imidazole rings is 1. The summed E-state index contributed by atoms with van der Waals surface area (Å²) >= 11 is 0. The molecule has 0 saturated heterocycles. The maximum absolute atomic E-state index is 12.3. The number of fused-ring (bicyclic) bond motifs is 1. The predicted octanol–water partition coefficient (Wildman–Crippen LogP) is 1.87. The fourth-order valence-corrected chi connectivity index (χ4v) is 2.44. The molecule has 0 bridgehead atoms. The Kier molecular flexibility index (Phi) is 3.21. The van der Waals surface area contributed by atoms with Crippen LogP contribution in [-0.4, -0.2) is 25.1 Å². The fraction of sp³-hybridized carbons (Fsp3) is 0.267. The summed E-state index contributed by atoms with van der Waals surface area (Å²) < 4.78 is 3.58. The van der Waals surface area contributed by atoms with Gasteiger partial charge in [0.15, 0.2) is 0 Å². The molecule has 3 aromatic rings. The van der Waals surface area contributed by atoms with Gasteiger partial charge in [-0.1, -0.05) is 6.07 Å². The molecule has 6 nitrogen and oxygen atoms in total. The average molecular weight is 283 g/mol. The lowest BCUT2D eigenvalue weighted by Gasteiger charge is -2.11. The van der Waals surface area contributed by atoms with E-state index in [-0.39, 0.29) is 11.9 Å². The number of pyridine rings is 1. The highest BCUT2D eigenvalue weighted by molar-refractivity contribution is 5.93. The molecule has 1 N–H and O–H groups in total. The van der Waals surface area contributed by atoms with Crippen molar-refractivity contribution in [1.29, 1.82) is 0 Å². The molecule has 1 amide bonds. The van der Waals surface area contributed by atoms with E-state index in [0.717, 1.165) is 16.9 Å². The summed E-state index contributed by atoms with van der Waals surface area (Å²) in [7, 11) is 1.87. The number of carbonyl (C=O) groups excluding carboxylic acids is 1. The van der Waals surface area contributed by atoms with Crippen molar-refractivity contribution < 1.29 is 4.79 Å². The number of nitrogens with one attached hydrogen (secondary N) is 1. The van der Waals surface area contributed by atoms with Gasteiger partial charge < -0.3 is 9.72 Å². The van der Waals surface area contributed by atoms with Crippen LogP contribution in [0.15, 0.2) is 36.8 Å². The first kappa shape index (κ1) is 13.4. The first-order chi connectivity index (χ1) is 10.0. The van der Waals surface area contributed by atoms with Gasteiger partial charge in [-0.05, 0) is 26.0 Å². The van der Waals surface area contributed by atoms with E-state index >= 15 is 0 Å². The first-order valence-corrected chi connectivity index (χ1v) is 6.79. The van der Waals surface area contributed by atoms with Crippen LogP contribution in [-0.2, 0) is 7.05 Å². The van der Waals surface area contributed by atoms with E-state index in [0.29, 0.717) is 5.69 Å². The smallest absolute Gasteiger partial charge is 0.271 e. The third-order valence-corrected chi connectivity index (χ3v) is 3.46. The number of nitrogens with zero attached hydrogens (tertiary/aromatic N) is 4. The van der Waals surface area contributed by atoms with Crippen molar-refractivity contribution in [2.75, 3.05) is 0 Å². The van der Waals surface area contributed by atoms with Crippen LogP contribution in [0.25, 0.3) is 5.65 Å². The SMILES string of the molecule is Cc1nn(C)cc1C(C)NC(=O)c1cn2ccccc2n1. The third kappa shape index (κ3) is 2.52. The van der Waals surface area contributed by atoms with Gasteiger partial charge in [-0.3, -0.25) is 9.48 Å². The van der Waals surface area contributed by atoms with E-state index < -0.39 is 0 Å². The molecule has 21 heavy (non-hydrogen) atoms. The lowest BCUT2D eigenvalue weighted by atomic mass is 10.1. The number of aryl methyl sites for hydroxylation is 2. The average Bonchev–Trinajstić information content (AvgIpc) is 3.01. The molecule has 0 aliphatic rings. The topological polar surface area (TPSA) is 64.2 Å². The molecule has 0 saturated carbocycles. The van der Waals surface area contributed by atoms with Crippen LogP contribution >= 0.6 is 0 Å². The summed E-state index contributed by atoms with van der Waals surface area (Å²) in [5, 5.41) is 7.25. The van der Waals surface area contributed by atoms with Crippen molar-refractivity contribution in [2.24, 2.45) is 7.05 Å². The van der Waals surface area contributed by atoms with Crippen molar-refractivity contribution in [1.82, 2.24) is 24.5 Å². The normalized spacial score (nSPS) is 12.5. The van der Waals surface area contributed by atoms with Crippen LogP contribution in [0.1, 0.15) is 34.7 Å². The van der Waals surface area contributed by atoms with E-state index in [1.807, 2.05) is 55.9 Å². The Hall–Kier alpha value is -2.63. The van der Waals surface area contributed by atoms with Gasteiger partial charge in [0.25, 0.3) is 5.91 Å². The number of rotatable bonds is 3. The van der Waals surface area contributed by atoms with E-state index in [2.05, 4.69) is 15.4 Å². The Morgan fingerprint density at radius 2 is 2.14 bits per heavy atom. The van der Waals surface area contributed by atoms with Crippen molar-refractivity contribution >= 4 is 11.6 Å². The molecule has 0 fully saturated rings. The summed E-state index contributed by atoms with van der Waals surface area (Å²) in [6.45, 7) is 3.88. The fourth-order valence-electron chi connectivity index (χ4n) is 2.44. The minimum atomic E-state index is -0.186. The monoisotopic (exact) mass is 283 g/mol. The molecule has 0 radical (unpaired) electrons. The second kappa shape index (κ2) is 5.05. The molecule has 0 aliphatic carbocycles. The maximum Gasteiger partial charge on any atom is 0.271 e. The Morgan fingerprint density at radius 3 is 2.81 bits per heavy atom. The minimum Gasteiger partial charge on any atom is -0.344 e. The summed E-state index contributed by atoms with van der Waals surface area (Å²) in [5.74, 6) is -0.186. The molecule has 0 aromatic carbocycles. The second-order valence-electron chi connectivity index (χ2n) is 5.13. The number of carbonyl (C=O) groups is 1. The Labute approximate surface area is 122 Å². The van der Waals surface area contributed by atoms with Gasteiger partial charge in [-0.25, -0.2) is 4.98 Å². The summed E-state index contributed by atoms with van der Waals surface area (Å²) in [6.07, 6.45) is 5.52. The molecular weight excluding hydrogens is 266 g/mol. The molecule has 1 unspecified atom stereocenters. The molecule has 6 heteroatoms. The van der Waals surface area contributed by atoms with Crippen LogP contribution in [0.3, 0.4) is 0 Å². The zero-order valence-corrected chi connectivity index (χ0v) is 12.2. The number of hydrogen-bond donors (Lipinski definition) is 1. The molecule has 3 aromatic heterocycles.